The van der Waals surface area contributed by atoms with E-state index in [1.54, 1.807) is 72.8 Å². The van der Waals surface area contributed by atoms with Crippen LogP contribution in [0.3, 0.4) is 0 Å². The summed E-state index contributed by atoms with van der Waals surface area (Å²) in [6.45, 7) is -5.27. The number of ether oxygens (including phenoxy) is 10. The zero-order valence-corrected chi connectivity index (χ0v) is 46.8. The van der Waals surface area contributed by atoms with Gasteiger partial charge in [0.1, 0.15) is 25.4 Å². The van der Waals surface area contributed by atoms with Gasteiger partial charge in [-0.25, -0.2) is 0 Å². The normalized spacial score (nSPS) is 23.3. The highest BCUT2D eigenvalue weighted by molar-refractivity contribution is 6.37. The second-order valence-corrected chi connectivity index (χ2v) is 20.0. The third kappa shape index (κ3) is 13.3. The van der Waals surface area contributed by atoms with Gasteiger partial charge in [-0.15, -0.1) is 0 Å². The van der Waals surface area contributed by atoms with Crippen LogP contribution in [0.2, 0.25) is 10.0 Å². The van der Waals surface area contributed by atoms with Crippen molar-refractivity contribution in [3.05, 3.63) is 117 Å². The molecule has 0 amide bonds. The molecule has 2 fully saturated rings. The minimum Gasteiger partial charge on any atom is -0.463 e. The Hall–Kier alpha value is -8.11. The maximum absolute atomic E-state index is 16.1. The van der Waals surface area contributed by atoms with Gasteiger partial charge in [0.15, 0.2) is 54.9 Å². The predicted molar refractivity (Wildman–Crippen MR) is 301 cm³/mol. The number of aryl methyl sites for hydroxylation is 2. The minimum atomic E-state index is -1.86. The molecule has 2 aromatic heterocycles. The van der Waals surface area contributed by atoms with Gasteiger partial charge in [-0.2, -0.15) is 0 Å². The average molecular weight is 1210 g/mol. The van der Waals surface area contributed by atoms with Crippen LogP contribution in [0.15, 0.2) is 85.2 Å². The van der Waals surface area contributed by atoms with Crippen molar-refractivity contribution >= 4 is 98.5 Å². The lowest BCUT2D eigenvalue weighted by molar-refractivity contribution is -0.267. The van der Waals surface area contributed by atoms with E-state index in [-0.39, 0.29) is 65.2 Å². The molecule has 2 saturated heterocycles. The number of carbonyl (C=O) groups is 9. The number of hydrogen-bond donors (Lipinski definition) is 0. The van der Waals surface area contributed by atoms with Crippen LogP contribution >= 0.6 is 23.2 Å². The number of aromatic nitrogens is 2. The quantitative estimate of drug-likeness (QED) is 0.0441. The molecule has 10 atom stereocenters. The highest BCUT2D eigenvalue weighted by atomic mass is 35.5. The highest BCUT2D eigenvalue weighted by Crippen LogP contribution is 2.46. The summed E-state index contributed by atoms with van der Waals surface area (Å²) >= 11 is 14.3. The van der Waals surface area contributed by atoms with Crippen LogP contribution in [-0.4, -0.2) is 125 Å². The fraction of sp³-hybridized carbons (Fsp3) is 0.393. The smallest absolute Gasteiger partial charge is 0.303 e. The van der Waals surface area contributed by atoms with Crippen molar-refractivity contribution in [2.75, 3.05) is 13.2 Å². The molecule has 4 heterocycles. The standard InChI is InChI=1S/C61H62Cl2N2O19/c1-11-37-19-21-39(41(23-37)43-25-64(47-17-13-15-45(62)51(43)47)60-58(81-35(9)72)56(79-33(7)70)54(77-31(5)68)49(83-60)27-75-29(3)66)53(74)40-22-20-38(12-2)24-42(40)44-26-65(48-18-14-16-46(63)52(44)48)61-59(82-36(10)73)57(80-34(8)71)55(78-32(6)69)50(84-61)28-76-30(4)67/h13-26,49-50,54-61H,11-12,27-28H2,1-10H3/t49-,50-,54-,55-,56+,57+,58-,59-,60?,61?/m1/s1/i3D,4D,5D,6D,7D,8D,9D,10D. The summed E-state index contributed by atoms with van der Waals surface area (Å²) in [5.41, 5.74) is 3.14. The fourth-order valence-electron chi connectivity index (χ4n) is 10.5. The first-order chi connectivity index (χ1) is 44.2. The largest absolute Gasteiger partial charge is 0.463 e. The van der Waals surface area contributed by atoms with E-state index < -0.39 is 183 Å². The van der Waals surface area contributed by atoms with Gasteiger partial charge in [0.05, 0.1) is 21.1 Å². The van der Waals surface area contributed by atoms with Gasteiger partial charge in [0, 0.05) is 112 Å². The Bertz CT molecular complexity index is 3540. The third-order valence-corrected chi connectivity index (χ3v) is 14.5. The van der Waals surface area contributed by atoms with Crippen molar-refractivity contribution in [1.29, 1.82) is 0 Å². The Balaban J connectivity index is 1.35. The van der Waals surface area contributed by atoms with Gasteiger partial charge >= 0.3 is 47.8 Å². The summed E-state index contributed by atoms with van der Waals surface area (Å²) < 4.78 is 123. The summed E-state index contributed by atoms with van der Waals surface area (Å²) in [7, 11) is 0. The van der Waals surface area contributed by atoms with Gasteiger partial charge in [0.25, 0.3) is 0 Å². The van der Waals surface area contributed by atoms with Crippen LogP contribution in [0.4, 0.5) is 0 Å². The summed E-state index contributed by atoms with van der Waals surface area (Å²) in [4.78, 5) is 120. The molecule has 84 heavy (non-hydrogen) atoms. The van der Waals surface area contributed by atoms with E-state index in [0.29, 0.717) is 12.8 Å². The first kappa shape index (κ1) is 51.5. The number of carbonyl (C=O) groups excluding carboxylic acids is 9. The molecular formula is C61H62Cl2N2O19. The molecule has 6 aromatic rings. The van der Waals surface area contributed by atoms with Crippen LogP contribution in [0.1, 0.15) is 120 Å². The van der Waals surface area contributed by atoms with Crippen LogP contribution < -0.4 is 0 Å². The van der Waals surface area contributed by atoms with Crippen LogP contribution in [-0.2, 0) is 98.6 Å². The van der Waals surface area contributed by atoms with Crippen LogP contribution in [0.25, 0.3) is 44.1 Å². The molecule has 0 bridgehead atoms. The van der Waals surface area contributed by atoms with Gasteiger partial charge in [-0.05, 0) is 59.4 Å². The van der Waals surface area contributed by atoms with E-state index in [1.807, 2.05) is 13.8 Å². The molecule has 4 aromatic carbocycles. The van der Waals surface area contributed by atoms with Crippen molar-refractivity contribution in [3.8, 4) is 22.3 Å². The van der Waals surface area contributed by atoms with E-state index in [9.17, 15) is 38.4 Å². The molecule has 444 valence electrons. The third-order valence-electron chi connectivity index (χ3n) is 13.9. The maximum Gasteiger partial charge on any atom is 0.303 e. The molecule has 2 aliphatic heterocycles. The average Bonchev–Trinajstić information content (AvgIpc) is 1.55. The molecule has 8 rings (SSSR count). The summed E-state index contributed by atoms with van der Waals surface area (Å²) in [5, 5.41) is 0.805. The number of hydrogen-bond acceptors (Lipinski definition) is 19. The molecule has 2 aliphatic rings. The number of esters is 8. The number of benzene rings is 4. The van der Waals surface area contributed by atoms with Crippen LogP contribution in [0.5, 0.6) is 0 Å². The van der Waals surface area contributed by atoms with E-state index in [2.05, 4.69) is 0 Å². The number of nitrogens with zero attached hydrogens (tertiary/aromatic N) is 2. The van der Waals surface area contributed by atoms with E-state index in [0.717, 1.165) is 11.1 Å². The first-order valence-electron chi connectivity index (χ1n) is 31.4. The van der Waals surface area contributed by atoms with Crippen LogP contribution in [0, 0.1) is 0 Å². The fourth-order valence-corrected chi connectivity index (χ4v) is 11.1. The Morgan fingerprint density at radius 2 is 0.798 bits per heavy atom. The van der Waals surface area contributed by atoms with Crippen molar-refractivity contribution < 1.29 is 101 Å². The summed E-state index contributed by atoms with van der Waals surface area (Å²) in [6.07, 6.45) is -13.6. The van der Waals surface area contributed by atoms with Gasteiger partial charge in [-0.1, -0.05) is 85.6 Å². The molecule has 0 radical (unpaired) electrons. The Kier molecular flexibility index (Phi) is 16.1. The number of rotatable bonds is 18. The SMILES string of the molecule is [2H]CC(=O)OC[C@H]1OC(n2cc(-c3cc(CC)ccc3C(=O)c3ccc(CC)cc3-c3cn(C4O[C@H](COC(=O)C[2H])[C@@H](OC(=O)C[2H])[C@H](OC(=O)C[2H])[C@H]4OC(=O)C[2H])c4cccc(Cl)c34)c3c(Cl)cccc32)[C@H](OC(=O)C[2H])[C@@H](OC(=O)C[2H])[C@@H]1OC(=O)C[2H]. The summed E-state index contributed by atoms with van der Waals surface area (Å²) in [6, 6.07) is 19.7. The lowest BCUT2D eigenvalue weighted by atomic mass is 9.87. The van der Waals surface area contributed by atoms with E-state index in [1.165, 1.54) is 21.5 Å². The molecule has 2 unspecified atom stereocenters. The molecular weight excluding hydrogens is 1140 g/mol. The molecule has 0 spiro atoms. The van der Waals surface area contributed by atoms with Gasteiger partial charge in [0.2, 0.25) is 0 Å². The Labute approximate surface area is 503 Å². The van der Waals surface area contributed by atoms with Crippen molar-refractivity contribution in [3.63, 3.8) is 0 Å². The zero-order valence-electron chi connectivity index (χ0n) is 53.2. The second-order valence-electron chi connectivity index (χ2n) is 19.2. The molecule has 21 nitrogen and oxygen atoms in total. The zero-order chi connectivity index (χ0) is 66.7. The van der Waals surface area contributed by atoms with Crippen molar-refractivity contribution in [2.24, 2.45) is 0 Å². The summed E-state index contributed by atoms with van der Waals surface area (Å²) in [5.74, 6) is -9.76. The Morgan fingerprint density at radius 1 is 0.452 bits per heavy atom. The number of halogens is 2. The van der Waals surface area contributed by atoms with Gasteiger partial charge < -0.3 is 56.5 Å². The second kappa shape index (κ2) is 26.2. The molecule has 0 saturated carbocycles. The molecule has 0 aliphatic carbocycles. The predicted octanol–water partition coefficient (Wildman–Crippen LogP) is 9.10. The minimum absolute atomic E-state index is 0.0726. The lowest BCUT2D eigenvalue weighted by Crippen LogP contribution is -2.60. The maximum atomic E-state index is 16.1. The van der Waals surface area contributed by atoms with Crippen molar-refractivity contribution in [2.45, 2.75) is 143 Å². The highest BCUT2D eigenvalue weighted by Gasteiger charge is 2.55. The van der Waals surface area contributed by atoms with E-state index >= 15 is 4.79 Å². The topological polar surface area (TPSA) is 256 Å². The monoisotopic (exact) mass is 1200 g/mol. The number of ketones is 1. The van der Waals surface area contributed by atoms with Gasteiger partial charge in [-0.3, -0.25) is 43.2 Å². The van der Waals surface area contributed by atoms with Crippen molar-refractivity contribution in [1.82, 2.24) is 9.13 Å². The number of fused-ring (bicyclic) bond motifs is 2. The molecule has 23 heteroatoms. The lowest BCUT2D eigenvalue weighted by Gasteiger charge is -2.44. The Morgan fingerprint density at radius 3 is 1.14 bits per heavy atom. The molecule has 0 N–H and O–H groups in total. The van der Waals surface area contributed by atoms with E-state index in [4.69, 9.17) is 81.5 Å². The first-order valence-corrected chi connectivity index (χ1v) is 26.5.